The molecular formula is C14H22ClN3O2. The minimum atomic E-state index is -0.406. The number of rotatable bonds is 7. The van der Waals surface area contributed by atoms with E-state index in [4.69, 9.17) is 11.6 Å². The van der Waals surface area contributed by atoms with Gasteiger partial charge >= 0.3 is 0 Å². The average Bonchev–Trinajstić information content (AvgIpc) is 2.29. The number of nitrogens with one attached hydrogen (secondary N) is 1. The number of hydrogen-bond donors (Lipinski definition) is 1. The predicted octanol–water partition coefficient (Wildman–Crippen LogP) is 3.64. The van der Waals surface area contributed by atoms with E-state index in [2.05, 4.69) is 24.1 Å². The van der Waals surface area contributed by atoms with Crippen LogP contribution in [0.25, 0.3) is 0 Å². The highest BCUT2D eigenvalue weighted by Crippen LogP contribution is 2.33. The number of nitro benzene ring substituents is 1. The summed E-state index contributed by atoms with van der Waals surface area (Å²) in [6.07, 6.45) is 0.917. The third-order valence-corrected chi connectivity index (χ3v) is 3.19. The Morgan fingerprint density at radius 3 is 2.55 bits per heavy atom. The first-order chi connectivity index (χ1) is 9.31. The molecule has 0 fully saturated rings. The predicted molar refractivity (Wildman–Crippen MR) is 83.5 cm³/mol. The third kappa shape index (κ3) is 4.98. The molecule has 0 aromatic heterocycles. The molecule has 1 aromatic carbocycles. The van der Waals surface area contributed by atoms with Crippen molar-refractivity contribution in [3.8, 4) is 0 Å². The van der Waals surface area contributed by atoms with Gasteiger partial charge in [-0.05, 0) is 32.5 Å². The maximum atomic E-state index is 11.1. The molecule has 0 spiro atoms. The molecule has 0 aliphatic rings. The SMILES string of the molecule is CC(C)CC(CN(C)C)Nc1c(Cl)cccc1[N+](=O)[O-]. The molecule has 0 radical (unpaired) electrons. The Morgan fingerprint density at radius 1 is 1.40 bits per heavy atom. The van der Waals surface area contributed by atoms with Crippen molar-refractivity contribution in [3.63, 3.8) is 0 Å². The van der Waals surface area contributed by atoms with Gasteiger partial charge < -0.3 is 10.2 Å². The topological polar surface area (TPSA) is 58.4 Å². The molecule has 1 aromatic rings. The summed E-state index contributed by atoms with van der Waals surface area (Å²) in [6.45, 7) is 5.05. The first-order valence-electron chi connectivity index (χ1n) is 6.65. The first kappa shape index (κ1) is 16.7. The Balaban J connectivity index is 3.00. The number of hydrogen-bond acceptors (Lipinski definition) is 4. The molecule has 0 aliphatic heterocycles. The number of anilines is 1. The maximum absolute atomic E-state index is 11.1. The quantitative estimate of drug-likeness (QED) is 0.617. The minimum Gasteiger partial charge on any atom is -0.374 e. The summed E-state index contributed by atoms with van der Waals surface area (Å²) in [7, 11) is 3.96. The van der Waals surface area contributed by atoms with E-state index in [1.807, 2.05) is 14.1 Å². The summed E-state index contributed by atoms with van der Waals surface area (Å²) in [4.78, 5) is 12.7. The summed E-state index contributed by atoms with van der Waals surface area (Å²) < 4.78 is 0. The molecule has 1 atom stereocenters. The van der Waals surface area contributed by atoms with Crippen LogP contribution in [0.3, 0.4) is 0 Å². The van der Waals surface area contributed by atoms with Crippen LogP contribution in [-0.4, -0.2) is 36.5 Å². The van der Waals surface area contributed by atoms with Crippen molar-refractivity contribution in [1.29, 1.82) is 0 Å². The maximum Gasteiger partial charge on any atom is 0.293 e. The molecule has 6 heteroatoms. The summed E-state index contributed by atoms with van der Waals surface area (Å²) in [5.74, 6) is 0.494. The second kappa shape index (κ2) is 7.45. The Kier molecular flexibility index (Phi) is 6.23. The van der Waals surface area contributed by atoms with Gasteiger partial charge in [0.25, 0.3) is 5.69 Å². The number of benzene rings is 1. The van der Waals surface area contributed by atoms with Crippen molar-refractivity contribution in [3.05, 3.63) is 33.3 Å². The fourth-order valence-corrected chi connectivity index (χ4v) is 2.42. The molecule has 0 saturated carbocycles. The smallest absolute Gasteiger partial charge is 0.293 e. The Bertz CT molecular complexity index is 454. The van der Waals surface area contributed by atoms with Gasteiger partial charge in [0.2, 0.25) is 0 Å². The molecule has 1 rings (SSSR count). The lowest BCUT2D eigenvalue weighted by molar-refractivity contribution is -0.384. The summed E-state index contributed by atoms with van der Waals surface area (Å²) >= 11 is 6.11. The van der Waals surface area contributed by atoms with Crippen LogP contribution in [0.4, 0.5) is 11.4 Å². The second-order valence-corrected chi connectivity index (χ2v) is 6.03. The molecule has 0 amide bonds. The highest BCUT2D eigenvalue weighted by Gasteiger charge is 2.20. The minimum absolute atomic E-state index is 0.0185. The standard InChI is InChI=1S/C14H22ClN3O2/c1-10(2)8-11(9-17(3)4)16-14-12(15)6-5-7-13(14)18(19)20/h5-7,10-11,16H,8-9H2,1-4H3. The van der Waals surface area contributed by atoms with Gasteiger partial charge in [0, 0.05) is 18.7 Å². The van der Waals surface area contributed by atoms with Gasteiger partial charge in [-0.3, -0.25) is 10.1 Å². The van der Waals surface area contributed by atoms with Crippen molar-refractivity contribution >= 4 is 23.0 Å². The molecule has 0 saturated heterocycles. The Morgan fingerprint density at radius 2 is 2.05 bits per heavy atom. The van der Waals surface area contributed by atoms with E-state index in [1.54, 1.807) is 12.1 Å². The summed E-state index contributed by atoms with van der Waals surface area (Å²) in [5, 5.41) is 14.7. The molecule has 1 unspecified atom stereocenters. The fourth-order valence-electron chi connectivity index (χ4n) is 2.20. The van der Waals surface area contributed by atoms with Crippen LogP contribution in [0.2, 0.25) is 5.02 Å². The largest absolute Gasteiger partial charge is 0.374 e. The van der Waals surface area contributed by atoms with E-state index in [-0.39, 0.29) is 11.7 Å². The van der Waals surface area contributed by atoms with Crippen molar-refractivity contribution in [2.24, 2.45) is 5.92 Å². The first-order valence-corrected chi connectivity index (χ1v) is 7.03. The molecule has 112 valence electrons. The Labute approximate surface area is 125 Å². The molecule has 0 bridgehead atoms. The van der Waals surface area contributed by atoms with Gasteiger partial charge in [-0.1, -0.05) is 31.5 Å². The lowest BCUT2D eigenvalue weighted by Gasteiger charge is -2.25. The normalized spacial score (nSPS) is 12.8. The van der Waals surface area contributed by atoms with Crippen molar-refractivity contribution in [2.75, 3.05) is 26.0 Å². The van der Waals surface area contributed by atoms with Gasteiger partial charge in [-0.2, -0.15) is 0 Å². The zero-order valence-electron chi connectivity index (χ0n) is 12.4. The molecule has 1 N–H and O–H groups in total. The Hall–Kier alpha value is -1.33. The van der Waals surface area contributed by atoms with Gasteiger partial charge in [-0.25, -0.2) is 0 Å². The average molecular weight is 300 g/mol. The molecule has 0 aliphatic carbocycles. The monoisotopic (exact) mass is 299 g/mol. The van der Waals surface area contributed by atoms with E-state index in [0.29, 0.717) is 16.6 Å². The molecular weight excluding hydrogens is 278 g/mol. The number of likely N-dealkylation sites (N-methyl/N-ethyl adjacent to an activating group) is 1. The van der Waals surface area contributed by atoms with Crippen LogP contribution in [-0.2, 0) is 0 Å². The van der Waals surface area contributed by atoms with Crippen molar-refractivity contribution in [2.45, 2.75) is 26.3 Å². The number of halogens is 1. The van der Waals surface area contributed by atoms with Crippen LogP contribution < -0.4 is 5.32 Å². The van der Waals surface area contributed by atoms with E-state index in [0.717, 1.165) is 13.0 Å². The highest BCUT2D eigenvalue weighted by molar-refractivity contribution is 6.33. The lowest BCUT2D eigenvalue weighted by atomic mass is 10.0. The number of nitro groups is 1. The lowest BCUT2D eigenvalue weighted by Crippen LogP contribution is -2.33. The molecule has 0 heterocycles. The third-order valence-electron chi connectivity index (χ3n) is 2.88. The van der Waals surface area contributed by atoms with E-state index < -0.39 is 4.92 Å². The number of nitrogens with zero attached hydrogens (tertiary/aromatic N) is 2. The van der Waals surface area contributed by atoms with Gasteiger partial charge in [-0.15, -0.1) is 0 Å². The van der Waals surface area contributed by atoms with E-state index in [1.165, 1.54) is 6.07 Å². The summed E-state index contributed by atoms with van der Waals surface area (Å²) in [5.41, 5.74) is 0.427. The highest BCUT2D eigenvalue weighted by atomic mass is 35.5. The van der Waals surface area contributed by atoms with Gasteiger partial charge in [0.1, 0.15) is 5.69 Å². The molecule has 20 heavy (non-hydrogen) atoms. The van der Waals surface area contributed by atoms with Crippen LogP contribution in [0.1, 0.15) is 20.3 Å². The van der Waals surface area contributed by atoms with Gasteiger partial charge in [0.15, 0.2) is 0 Å². The van der Waals surface area contributed by atoms with Crippen molar-refractivity contribution < 1.29 is 4.92 Å². The van der Waals surface area contributed by atoms with Gasteiger partial charge in [0.05, 0.1) is 9.95 Å². The second-order valence-electron chi connectivity index (χ2n) is 5.62. The zero-order chi connectivity index (χ0) is 15.3. The van der Waals surface area contributed by atoms with Crippen LogP contribution >= 0.6 is 11.6 Å². The van der Waals surface area contributed by atoms with Crippen molar-refractivity contribution in [1.82, 2.24) is 4.90 Å². The fraction of sp³-hybridized carbons (Fsp3) is 0.571. The number of para-hydroxylation sites is 1. The summed E-state index contributed by atoms with van der Waals surface area (Å²) in [6, 6.07) is 4.84. The van der Waals surface area contributed by atoms with Crippen LogP contribution in [0.15, 0.2) is 18.2 Å². The van der Waals surface area contributed by atoms with E-state index >= 15 is 0 Å². The van der Waals surface area contributed by atoms with E-state index in [9.17, 15) is 10.1 Å². The molecule has 5 nitrogen and oxygen atoms in total. The zero-order valence-corrected chi connectivity index (χ0v) is 13.1. The van der Waals surface area contributed by atoms with Crippen LogP contribution in [0.5, 0.6) is 0 Å². The van der Waals surface area contributed by atoms with Crippen LogP contribution in [0, 0.1) is 16.0 Å².